The van der Waals surface area contributed by atoms with Crippen LogP contribution in [0.4, 0.5) is 0 Å². The second-order valence-corrected chi connectivity index (χ2v) is 10.6. The van der Waals surface area contributed by atoms with Gasteiger partial charge in [0, 0.05) is 6.61 Å². The van der Waals surface area contributed by atoms with Crippen LogP contribution in [-0.2, 0) is 4.74 Å². The van der Waals surface area contributed by atoms with Gasteiger partial charge >= 0.3 is 0 Å². The molecule has 2 atom stereocenters. The lowest BCUT2D eigenvalue weighted by Gasteiger charge is -2.44. The summed E-state index contributed by atoms with van der Waals surface area (Å²) < 4.78 is 6.19. The summed E-state index contributed by atoms with van der Waals surface area (Å²) in [5, 5.41) is 0. The van der Waals surface area contributed by atoms with Crippen molar-refractivity contribution in [1.82, 2.24) is 0 Å². The monoisotopic (exact) mass is 322 g/mol. The lowest BCUT2D eigenvalue weighted by atomic mass is 9.64. The first-order valence-electron chi connectivity index (χ1n) is 10.2. The molecule has 1 aliphatic heterocycles. The summed E-state index contributed by atoms with van der Waals surface area (Å²) in [6.45, 7) is 18.0. The van der Waals surface area contributed by atoms with E-state index in [0.717, 1.165) is 30.3 Å². The summed E-state index contributed by atoms with van der Waals surface area (Å²) in [5.41, 5.74) is 0.869. The molecule has 1 heterocycles. The lowest BCUT2D eigenvalue weighted by molar-refractivity contribution is -0.0633. The van der Waals surface area contributed by atoms with E-state index in [1.165, 1.54) is 44.9 Å². The van der Waals surface area contributed by atoms with Gasteiger partial charge in [0.1, 0.15) is 0 Å². The van der Waals surface area contributed by atoms with Crippen molar-refractivity contribution in [2.24, 2.45) is 34.5 Å². The zero-order valence-corrected chi connectivity index (χ0v) is 17.0. The Labute approximate surface area is 146 Å². The first-order valence-corrected chi connectivity index (χ1v) is 10.2. The Balaban J connectivity index is 1.88. The molecule has 0 amide bonds. The second-order valence-electron chi connectivity index (χ2n) is 10.6. The van der Waals surface area contributed by atoms with Gasteiger partial charge in [-0.05, 0) is 79.4 Å². The van der Waals surface area contributed by atoms with E-state index in [9.17, 15) is 0 Å². The first kappa shape index (κ1) is 19.3. The van der Waals surface area contributed by atoms with Crippen molar-refractivity contribution in [3.63, 3.8) is 0 Å². The molecule has 2 aliphatic rings. The molecule has 2 rings (SSSR count). The van der Waals surface area contributed by atoms with Crippen molar-refractivity contribution < 1.29 is 4.74 Å². The highest BCUT2D eigenvalue weighted by molar-refractivity contribution is 4.89. The quantitative estimate of drug-likeness (QED) is 0.559. The minimum absolute atomic E-state index is 0.432. The van der Waals surface area contributed by atoms with Crippen LogP contribution in [-0.4, -0.2) is 12.7 Å². The Kier molecular flexibility index (Phi) is 6.26. The molecule has 0 aromatic carbocycles. The summed E-state index contributed by atoms with van der Waals surface area (Å²) in [6, 6.07) is 0. The molecule has 0 spiro atoms. The van der Waals surface area contributed by atoms with Gasteiger partial charge in [0.2, 0.25) is 0 Å². The summed E-state index contributed by atoms with van der Waals surface area (Å²) in [6.07, 6.45) is 10.0. The molecule has 2 unspecified atom stereocenters. The van der Waals surface area contributed by atoms with Gasteiger partial charge in [-0.15, -0.1) is 0 Å². The fourth-order valence-electron chi connectivity index (χ4n) is 5.13. The second kappa shape index (κ2) is 7.46. The van der Waals surface area contributed by atoms with E-state index < -0.39 is 0 Å². The molecule has 23 heavy (non-hydrogen) atoms. The zero-order chi connectivity index (χ0) is 17.3. The maximum Gasteiger partial charge on any atom is 0.0583 e. The molecule has 0 bridgehead atoms. The van der Waals surface area contributed by atoms with Crippen LogP contribution in [0.3, 0.4) is 0 Å². The standard InChI is InChI=1S/C22H42O/c1-16(2)17-8-10-18(11-9-17)22(6,7)15-20-14-19(12-13-23-20)21(3,4)5/h16-20H,8-15H2,1-7H3. The van der Waals surface area contributed by atoms with Crippen LogP contribution in [0.5, 0.6) is 0 Å². The summed E-state index contributed by atoms with van der Waals surface area (Å²) in [5.74, 6) is 3.57. The minimum atomic E-state index is 0.432. The van der Waals surface area contributed by atoms with Crippen LogP contribution >= 0.6 is 0 Å². The molecule has 2 fully saturated rings. The van der Waals surface area contributed by atoms with Crippen molar-refractivity contribution in [3.05, 3.63) is 0 Å². The Bertz CT molecular complexity index is 355. The number of hydrogen-bond acceptors (Lipinski definition) is 1. The molecule has 0 N–H and O–H groups in total. The molecule has 1 aliphatic carbocycles. The van der Waals surface area contributed by atoms with Gasteiger partial charge in [-0.3, -0.25) is 0 Å². The van der Waals surface area contributed by atoms with E-state index in [2.05, 4.69) is 48.5 Å². The third-order valence-corrected chi connectivity index (χ3v) is 7.17. The molecule has 1 nitrogen and oxygen atoms in total. The number of rotatable bonds is 4. The van der Waals surface area contributed by atoms with Crippen molar-refractivity contribution in [2.75, 3.05) is 6.61 Å². The lowest BCUT2D eigenvalue weighted by Crippen LogP contribution is -2.38. The van der Waals surface area contributed by atoms with Crippen LogP contribution in [0.15, 0.2) is 0 Å². The highest BCUT2D eigenvalue weighted by Gasteiger charge is 2.38. The van der Waals surface area contributed by atoms with E-state index in [1.807, 2.05) is 0 Å². The maximum absolute atomic E-state index is 6.19. The van der Waals surface area contributed by atoms with Crippen LogP contribution in [0.2, 0.25) is 0 Å². The van der Waals surface area contributed by atoms with Crippen molar-refractivity contribution in [3.8, 4) is 0 Å². The molecular weight excluding hydrogens is 280 g/mol. The largest absolute Gasteiger partial charge is 0.378 e. The third kappa shape index (κ3) is 5.21. The van der Waals surface area contributed by atoms with Crippen molar-refractivity contribution >= 4 is 0 Å². The van der Waals surface area contributed by atoms with E-state index in [-0.39, 0.29) is 0 Å². The summed E-state index contributed by atoms with van der Waals surface area (Å²) in [7, 11) is 0. The molecule has 0 aromatic rings. The minimum Gasteiger partial charge on any atom is -0.378 e. The Morgan fingerprint density at radius 1 is 0.870 bits per heavy atom. The normalized spacial score (nSPS) is 33.9. The van der Waals surface area contributed by atoms with E-state index in [4.69, 9.17) is 4.74 Å². The van der Waals surface area contributed by atoms with Gasteiger partial charge in [-0.25, -0.2) is 0 Å². The van der Waals surface area contributed by atoms with E-state index in [0.29, 0.717) is 16.9 Å². The van der Waals surface area contributed by atoms with Crippen LogP contribution in [0.1, 0.15) is 93.4 Å². The Morgan fingerprint density at radius 2 is 1.48 bits per heavy atom. The molecule has 136 valence electrons. The van der Waals surface area contributed by atoms with E-state index in [1.54, 1.807) is 0 Å². The molecule has 0 radical (unpaired) electrons. The molecular formula is C22H42O. The molecule has 1 saturated heterocycles. The van der Waals surface area contributed by atoms with Gasteiger partial charge in [0.25, 0.3) is 0 Å². The molecule has 1 heteroatoms. The topological polar surface area (TPSA) is 9.23 Å². The van der Waals surface area contributed by atoms with Gasteiger partial charge in [-0.2, -0.15) is 0 Å². The molecule has 1 saturated carbocycles. The predicted octanol–water partition coefficient (Wildman–Crippen LogP) is 6.71. The Hall–Kier alpha value is -0.0400. The smallest absolute Gasteiger partial charge is 0.0583 e. The number of ether oxygens (including phenoxy) is 1. The fraction of sp³-hybridized carbons (Fsp3) is 1.00. The summed E-state index contributed by atoms with van der Waals surface area (Å²) in [4.78, 5) is 0. The van der Waals surface area contributed by atoms with Crippen LogP contribution in [0.25, 0.3) is 0 Å². The predicted molar refractivity (Wildman–Crippen MR) is 101 cm³/mol. The van der Waals surface area contributed by atoms with Gasteiger partial charge in [-0.1, -0.05) is 48.5 Å². The SMILES string of the molecule is CC(C)C1CCC(C(C)(C)CC2CC(C(C)(C)C)CCO2)CC1. The van der Waals surface area contributed by atoms with Gasteiger partial charge < -0.3 is 4.74 Å². The highest BCUT2D eigenvalue weighted by Crippen LogP contribution is 2.46. The maximum atomic E-state index is 6.19. The van der Waals surface area contributed by atoms with Crippen LogP contribution < -0.4 is 0 Å². The van der Waals surface area contributed by atoms with E-state index >= 15 is 0 Å². The summed E-state index contributed by atoms with van der Waals surface area (Å²) >= 11 is 0. The highest BCUT2D eigenvalue weighted by atomic mass is 16.5. The van der Waals surface area contributed by atoms with Crippen molar-refractivity contribution in [1.29, 1.82) is 0 Å². The average Bonchev–Trinajstić information content (AvgIpc) is 2.46. The van der Waals surface area contributed by atoms with Crippen LogP contribution in [0, 0.1) is 34.5 Å². The average molecular weight is 323 g/mol. The van der Waals surface area contributed by atoms with Gasteiger partial charge in [0.05, 0.1) is 6.10 Å². The fourth-order valence-corrected chi connectivity index (χ4v) is 5.13. The Morgan fingerprint density at radius 3 is 2.00 bits per heavy atom. The first-order chi connectivity index (χ1) is 10.6. The van der Waals surface area contributed by atoms with Gasteiger partial charge in [0.15, 0.2) is 0 Å². The zero-order valence-electron chi connectivity index (χ0n) is 17.0. The number of hydrogen-bond donors (Lipinski definition) is 0. The molecule has 0 aromatic heterocycles. The van der Waals surface area contributed by atoms with Crippen molar-refractivity contribution in [2.45, 2.75) is 99.5 Å². The third-order valence-electron chi connectivity index (χ3n) is 7.17.